The summed E-state index contributed by atoms with van der Waals surface area (Å²) in [6.45, 7) is 3.79. The van der Waals surface area contributed by atoms with Gasteiger partial charge in [-0.25, -0.2) is 9.97 Å². The van der Waals surface area contributed by atoms with Crippen LogP contribution in [0.25, 0.3) is 0 Å². The quantitative estimate of drug-likeness (QED) is 0.477. The number of anilines is 4. The summed E-state index contributed by atoms with van der Waals surface area (Å²) < 4.78 is 0. The molecule has 0 unspecified atom stereocenters. The molecule has 7 nitrogen and oxygen atoms in total. The summed E-state index contributed by atoms with van der Waals surface area (Å²) in [4.78, 5) is 19.2. The highest BCUT2D eigenvalue weighted by Gasteiger charge is 2.23. The molecular weight excluding hydrogens is 354 g/mol. The van der Waals surface area contributed by atoms with Crippen LogP contribution in [0.15, 0.2) is 48.8 Å². The first-order chi connectivity index (χ1) is 12.4. The lowest BCUT2D eigenvalue weighted by atomic mass is 10.2. The molecule has 2 aromatic carbocycles. The highest BCUT2D eigenvalue weighted by atomic mass is 35.5. The van der Waals surface area contributed by atoms with Crippen molar-refractivity contribution in [3.05, 3.63) is 75.1 Å². The maximum Gasteiger partial charge on any atom is 0.353 e. The smallest absolute Gasteiger partial charge is 0.334 e. The number of hydrogen-bond acceptors (Lipinski definition) is 6. The first-order valence-electron chi connectivity index (χ1n) is 7.80. The van der Waals surface area contributed by atoms with Gasteiger partial charge in [-0.1, -0.05) is 23.7 Å². The Morgan fingerprint density at radius 3 is 2.42 bits per heavy atom. The van der Waals surface area contributed by atoms with E-state index in [0.29, 0.717) is 16.4 Å². The number of nitro groups is 1. The monoisotopic (exact) mass is 369 g/mol. The number of aryl methyl sites for hydroxylation is 2. The van der Waals surface area contributed by atoms with Crippen LogP contribution in [-0.4, -0.2) is 14.9 Å². The lowest BCUT2D eigenvalue weighted by Crippen LogP contribution is -2.06. The molecule has 0 radical (unpaired) electrons. The van der Waals surface area contributed by atoms with Gasteiger partial charge in [-0.15, -0.1) is 0 Å². The molecule has 3 rings (SSSR count). The van der Waals surface area contributed by atoms with Crippen LogP contribution in [0.4, 0.5) is 28.7 Å². The third-order valence-corrected chi connectivity index (χ3v) is 3.96. The molecule has 0 atom stereocenters. The maximum atomic E-state index is 11.7. The Morgan fingerprint density at radius 1 is 1.04 bits per heavy atom. The number of nitrogens with one attached hydrogen (secondary N) is 2. The third kappa shape index (κ3) is 3.89. The van der Waals surface area contributed by atoms with E-state index in [1.165, 1.54) is 6.33 Å². The second-order valence-electron chi connectivity index (χ2n) is 5.76. The molecule has 8 heteroatoms. The van der Waals surface area contributed by atoms with Crippen molar-refractivity contribution in [3.63, 3.8) is 0 Å². The number of halogens is 1. The van der Waals surface area contributed by atoms with Crippen molar-refractivity contribution in [2.75, 3.05) is 10.6 Å². The van der Waals surface area contributed by atoms with Gasteiger partial charge < -0.3 is 10.6 Å². The van der Waals surface area contributed by atoms with Crippen LogP contribution in [0.1, 0.15) is 11.1 Å². The van der Waals surface area contributed by atoms with E-state index < -0.39 is 4.92 Å². The Kier molecular flexibility index (Phi) is 4.99. The Labute approximate surface area is 155 Å². The molecule has 0 aliphatic heterocycles. The summed E-state index contributed by atoms with van der Waals surface area (Å²) in [5, 5.41) is 18.2. The molecule has 1 aromatic heterocycles. The molecule has 132 valence electrons. The second kappa shape index (κ2) is 7.37. The zero-order chi connectivity index (χ0) is 18.7. The van der Waals surface area contributed by atoms with Crippen LogP contribution < -0.4 is 10.6 Å². The van der Waals surface area contributed by atoms with Crippen molar-refractivity contribution < 1.29 is 4.92 Å². The molecular formula is C18H16ClN5O2. The van der Waals surface area contributed by atoms with E-state index in [4.69, 9.17) is 11.6 Å². The minimum absolute atomic E-state index is 0.102. The van der Waals surface area contributed by atoms with Gasteiger partial charge in [0, 0.05) is 16.4 Å². The van der Waals surface area contributed by atoms with E-state index >= 15 is 0 Å². The van der Waals surface area contributed by atoms with E-state index in [2.05, 4.69) is 20.6 Å². The Balaban J connectivity index is 1.99. The van der Waals surface area contributed by atoms with Gasteiger partial charge >= 0.3 is 5.69 Å². The number of benzene rings is 2. The minimum Gasteiger partial charge on any atom is -0.334 e. The van der Waals surface area contributed by atoms with E-state index in [-0.39, 0.29) is 17.3 Å². The number of hydrogen-bond donors (Lipinski definition) is 2. The van der Waals surface area contributed by atoms with Crippen molar-refractivity contribution in [1.29, 1.82) is 0 Å². The van der Waals surface area contributed by atoms with Gasteiger partial charge in [0.05, 0.1) is 4.92 Å². The van der Waals surface area contributed by atoms with Crippen LogP contribution >= 0.6 is 11.6 Å². The number of aromatic nitrogens is 2. The van der Waals surface area contributed by atoms with E-state index in [1.807, 2.05) is 38.1 Å². The van der Waals surface area contributed by atoms with E-state index in [1.54, 1.807) is 18.2 Å². The SMILES string of the molecule is Cc1cccc(Nc2ncnc(Nc3ccc(Cl)cc3C)c2[N+](=O)[O-])c1. The van der Waals surface area contributed by atoms with Crippen LogP contribution in [-0.2, 0) is 0 Å². The Bertz CT molecular complexity index is 978. The lowest BCUT2D eigenvalue weighted by molar-refractivity contribution is -0.383. The summed E-state index contributed by atoms with van der Waals surface area (Å²) >= 11 is 5.96. The lowest BCUT2D eigenvalue weighted by Gasteiger charge is -2.12. The fraction of sp³-hybridized carbons (Fsp3) is 0.111. The average molecular weight is 370 g/mol. The average Bonchev–Trinajstić information content (AvgIpc) is 2.57. The normalized spacial score (nSPS) is 10.4. The molecule has 1 heterocycles. The summed E-state index contributed by atoms with van der Waals surface area (Å²) in [7, 11) is 0. The predicted octanol–water partition coefficient (Wildman–Crippen LogP) is 5.14. The molecule has 0 aliphatic carbocycles. The van der Waals surface area contributed by atoms with Gasteiger partial charge in [-0.2, -0.15) is 0 Å². The summed E-state index contributed by atoms with van der Waals surface area (Å²) in [5.74, 6) is 0.218. The van der Waals surface area contributed by atoms with Crippen molar-refractivity contribution in [1.82, 2.24) is 9.97 Å². The zero-order valence-corrected chi connectivity index (χ0v) is 14.9. The van der Waals surface area contributed by atoms with Crippen molar-refractivity contribution >= 4 is 40.3 Å². The van der Waals surface area contributed by atoms with Gasteiger partial charge in [0.2, 0.25) is 11.6 Å². The van der Waals surface area contributed by atoms with Gasteiger partial charge in [-0.3, -0.25) is 10.1 Å². The van der Waals surface area contributed by atoms with Crippen LogP contribution in [0, 0.1) is 24.0 Å². The zero-order valence-electron chi connectivity index (χ0n) is 14.2. The highest BCUT2D eigenvalue weighted by molar-refractivity contribution is 6.30. The molecule has 0 amide bonds. The minimum atomic E-state index is -0.508. The molecule has 0 saturated heterocycles. The van der Waals surface area contributed by atoms with Gasteiger partial charge in [0.1, 0.15) is 6.33 Å². The van der Waals surface area contributed by atoms with Crippen LogP contribution in [0.3, 0.4) is 0 Å². The summed E-state index contributed by atoms with van der Waals surface area (Å²) in [5.41, 5.74) is 3.03. The van der Waals surface area contributed by atoms with Crippen LogP contribution in [0.2, 0.25) is 5.02 Å². The molecule has 0 spiro atoms. The highest BCUT2D eigenvalue weighted by Crippen LogP contribution is 2.34. The van der Waals surface area contributed by atoms with Crippen molar-refractivity contribution in [2.24, 2.45) is 0 Å². The van der Waals surface area contributed by atoms with Crippen molar-refractivity contribution in [3.8, 4) is 0 Å². The molecule has 3 aromatic rings. The molecule has 0 saturated carbocycles. The Morgan fingerprint density at radius 2 is 1.77 bits per heavy atom. The van der Waals surface area contributed by atoms with Gasteiger partial charge in [0.15, 0.2) is 0 Å². The number of nitrogens with zero attached hydrogens (tertiary/aromatic N) is 3. The number of rotatable bonds is 5. The second-order valence-corrected chi connectivity index (χ2v) is 6.19. The van der Waals surface area contributed by atoms with Crippen molar-refractivity contribution in [2.45, 2.75) is 13.8 Å². The molecule has 0 aliphatic rings. The fourth-order valence-corrected chi connectivity index (χ4v) is 2.72. The first-order valence-corrected chi connectivity index (χ1v) is 8.18. The Hall–Kier alpha value is -3.19. The topological polar surface area (TPSA) is 93.0 Å². The third-order valence-electron chi connectivity index (χ3n) is 3.73. The van der Waals surface area contributed by atoms with Gasteiger partial charge in [-0.05, 0) is 55.3 Å². The summed E-state index contributed by atoms with van der Waals surface area (Å²) in [6, 6.07) is 12.7. The summed E-state index contributed by atoms with van der Waals surface area (Å²) in [6.07, 6.45) is 1.28. The predicted molar refractivity (Wildman–Crippen MR) is 103 cm³/mol. The van der Waals surface area contributed by atoms with Gasteiger partial charge in [0.25, 0.3) is 0 Å². The standard InChI is InChI=1S/C18H16ClN5O2/c1-11-4-3-5-14(8-11)22-17-16(24(25)26)18(21-10-20-17)23-15-7-6-13(19)9-12(15)2/h3-10H,1-2H3,(H2,20,21,22,23). The van der Waals surface area contributed by atoms with Crippen LogP contribution in [0.5, 0.6) is 0 Å². The largest absolute Gasteiger partial charge is 0.353 e. The fourth-order valence-electron chi connectivity index (χ4n) is 2.49. The van der Waals surface area contributed by atoms with E-state index in [0.717, 1.165) is 11.1 Å². The molecule has 0 bridgehead atoms. The van der Waals surface area contributed by atoms with E-state index in [9.17, 15) is 10.1 Å². The maximum absolute atomic E-state index is 11.7. The molecule has 2 N–H and O–H groups in total. The molecule has 0 fully saturated rings. The first kappa shape index (κ1) is 17.6. The molecule has 26 heavy (non-hydrogen) atoms.